The summed E-state index contributed by atoms with van der Waals surface area (Å²) >= 11 is 0. The zero-order valence-corrected chi connectivity index (χ0v) is 21.0. The van der Waals surface area contributed by atoms with Gasteiger partial charge in [0.15, 0.2) is 17.3 Å². The van der Waals surface area contributed by atoms with Crippen LogP contribution in [0, 0.1) is 11.1 Å². The number of ether oxygens (including phenoxy) is 1. The Balaban J connectivity index is 1.27. The largest absolute Gasteiger partial charge is 0.632 e. The molecular weight excluding hydrogens is 488 g/mol. The lowest BCUT2D eigenvalue weighted by Gasteiger charge is -2.68. The van der Waals surface area contributed by atoms with Gasteiger partial charge in [0, 0.05) is 35.4 Å². The molecule has 10 nitrogen and oxygen atoms in total. The van der Waals surface area contributed by atoms with Gasteiger partial charge in [-0.25, -0.2) is 0 Å². The number of hydrogen-bond acceptors (Lipinski definition) is 7. The number of benzene rings is 2. The molecule has 7 rings (SSSR count). The summed E-state index contributed by atoms with van der Waals surface area (Å²) in [7, 11) is 0. The van der Waals surface area contributed by atoms with Gasteiger partial charge in [-0.1, -0.05) is 23.4 Å². The summed E-state index contributed by atoms with van der Waals surface area (Å²) in [6.45, 7) is 0.909. The molecule has 6 N–H and O–H groups in total. The van der Waals surface area contributed by atoms with Gasteiger partial charge in [0.05, 0.1) is 24.5 Å². The van der Waals surface area contributed by atoms with Gasteiger partial charge in [-0.15, -0.1) is 0 Å². The lowest BCUT2D eigenvalue weighted by molar-refractivity contribution is -0.924. The number of oxime groups is 1. The highest BCUT2D eigenvalue weighted by Gasteiger charge is 2.76. The zero-order chi connectivity index (χ0) is 26.4. The van der Waals surface area contributed by atoms with E-state index in [1.165, 1.54) is 0 Å². The number of nitrogens with zero attached hydrogens (tertiary/aromatic N) is 2. The smallest absolute Gasteiger partial charge is 0.251 e. The van der Waals surface area contributed by atoms with Crippen molar-refractivity contribution in [2.75, 3.05) is 13.1 Å². The van der Waals surface area contributed by atoms with Gasteiger partial charge in [0.25, 0.3) is 5.91 Å². The zero-order valence-electron chi connectivity index (χ0n) is 21.0. The number of phenols is 1. The molecule has 2 unspecified atom stereocenters. The molecule has 2 bridgehead atoms. The SMILES string of the molecule is N/C(=N/O)c1cccc(C(=O)N[C@@H]2CC[C@@]3(O)[C@H]4Cc5ccc(O)c6c5C3(CC[N+]4([O-])CC3CC3)[C@H]2O6)c1. The molecule has 1 amide bonds. The average Bonchev–Trinajstić information content (AvgIpc) is 3.64. The summed E-state index contributed by atoms with van der Waals surface area (Å²) in [5.74, 6) is 0.358. The molecule has 10 heteroatoms. The number of aromatic hydroxyl groups is 1. The van der Waals surface area contributed by atoms with Crippen LogP contribution in [0.2, 0.25) is 0 Å². The highest BCUT2D eigenvalue weighted by molar-refractivity contribution is 6.01. The second-order valence-corrected chi connectivity index (χ2v) is 11.8. The number of amides is 1. The minimum absolute atomic E-state index is 0.0105. The molecule has 2 aliphatic heterocycles. The van der Waals surface area contributed by atoms with E-state index in [-0.39, 0.29) is 22.1 Å². The molecule has 3 fully saturated rings. The molecule has 5 aliphatic rings. The first-order chi connectivity index (χ1) is 18.2. The van der Waals surface area contributed by atoms with E-state index in [1.54, 1.807) is 30.3 Å². The number of amidine groups is 1. The van der Waals surface area contributed by atoms with Crippen molar-refractivity contribution in [2.45, 2.75) is 67.7 Å². The van der Waals surface area contributed by atoms with Crippen molar-refractivity contribution in [2.24, 2.45) is 16.8 Å². The number of carbonyl (C=O) groups excluding carboxylic acids is 1. The summed E-state index contributed by atoms with van der Waals surface area (Å²) < 4.78 is 6.07. The summed E-state index contributed by atoms with van der Waals surface area (Å²) in [6.07, 6.45) is 3.18. The fraction of sp³-hybridized carbons (Fsp3) is 0.500. The molecule has 0 aromatic heterocycles. The van der Waals surface area contributed by atoms with Crippen molar-refractivity contribution in [1.82, 2.24) is 5.32 Å². The molecule has 2 aromatic rings. The third-order valence-electron chi connectivity index (χ3n) is 9.90. The highest BCUT2D eigenvalue weighted by Crippen LogP contribution is 2.66. The Kier molecular flexibility index (Phi) is 4.90. The Bertz CT molecular complexity index is 1380. The maximum Gasteiger partial charge on any atom is 0.251 e. The molecule has 6 atom stereocenters. The van der Waals surface area contributed by atoms with Crippen LogP contribution in [0.15, 0.2) is 41.6 Å². The predicted octanol–water partition coefficient (Wildman–Crippen LogP) is 1.86. The number of likely N-dealkylation sites (tertiary alicyclic amines) is 1. The number of hydrogen-bond donors (Lipinski definition) is 5. The van der Waals surface area contributed by atoms with Gasteiger partial charge in [0.1, 0.15) is 17.7 Å². The van der Waals surface area contributed by atoms with E-state index in [0.717, 1.165) is 24.0 Å². The number of quaternary nitrogens is 1. The molecule has 2 aromatic carbocycles. The lowest BCUT2D eigenvalue weighted by Crippen LogP contribution is -2.81. The fourth-order valence-corrected chi connectivity index (χ4v) is 8.03. The Morgan fingerprint density at radius 2 is 2.00 bits per heavy atom. The minimum atomic E-state index is -1.30. The number of rotatable bonds is 5. The number of nitrogens with two attached hydrogens (primary N) is 1. The first-order valence-electron chi connectivity index (χ1n) is 13.4. The summed E-state index contributed by atoms with van der Waals surface area (Å²) in [4.78, 5) is 13.4. The van der Waals surface area contributed by atoms with Crippen LogP contribution in [-0.2, 0) is 11.8 Å². The molecule has 2 heterocycles. The Morgan fingerprint density at radius 1 is 1.21 bits per heavy atom. The van der Waals surface area contributed by atoms with Gasteiger partial charge in [-0.3, -0.25) is 4.79 Å². The third-order valence-corrected chi connectivity index (χ3v) is 9.90. The van der Waals surface area contributed by atoms with Crippen LogP contribution in [0.5, 0.6) is 11.5 Å². The van der Waals surface area contributed by atoms with Crippen molar-refractivity contribution in [3.05, 3.63) is 63.9 Å². The van der Waals surface area contributed by atoms with Crippen LogP contribution in [0.4, 0.5) is 0 Å². The Morgan fingerprint density at radius 3 is 2.76 bits per heavy atom. The molecule has 2 saturated carbocycles. The van der Waals surface area contributed by atoms with Crippen LogP contribution in [0.1, 0.15) is 59.2 Å². The van der Waals surface area contributed by atoms with Crippen molar-refractivity contribution >= 4 is 11.7 Å². The van der Waals surface area contributed by atoms with Crippen LogP contribution in [-0.4, -0.2) is 68.7 Å². The number of phenolic OH excluding ortho intramolecular Hbond substituents is 1. The van der Waals surface area contributed by atoms with E-state index >= 15 is 0 Å². The number of carbonyl (C=O) groups is 1. The van der Waals surface area contributed by atoms with Crippen LogP contribution >= 0.6 is 0 Å². The molecule has 0 radical (unpaired) electrons. The third kappa shape index (κ3) is 3.05. The van der Waals surface area contributed by atoms with Gasteiger partial charge in [-0.05, 0) is 49.4 Å². The lowest BCUT2D eigenvalue weighted by atomic mass is 9.48. The van der Waals surface area contributed by atoms with E-state index in [1.807, 2.05) is 6.07 Å². The average molecular weight is 521 g/mol. The van der Waals surface area contributed by atoms with E-state index < -0.39 is 29.2 Å². The summed E-state index contributed by atoms with van der Waals surface area (Å²) in [5, 5.41) is 52.7. The van der Waals surface area contributed by atoms with Crippen molar-refractivity contribution in [1.29, 1.82) is 0 Å². The predicted molar refractivity (Wildman–Crippen MR) is 137 cm³/mol. The Labute approximate surface area is 219 Å². The second-order valence-electron chi connectivity index (χ2n) is 11.8. The number of aliphatic hydroxyl groups is 1. The van der Waals surface area contributed by atoms with Crippen molar-refractivity contribution in [3.8, 4) is 11.5 Å². The normalized spacial score (nSPS) is 36.8. The maximum absolute atomic E-state index is 14.3. The summed E-state index contributed by atoms with van der Waals surface area (Å²) in [5.41, 5.74) is 6.04. The van der Waals surface area contributed by atoms with Crippen LogP contribution < -0.4 is 15.8 Å². The van der Waals surface area contributed by atoms with Gasteiger partial charge >= 0.3 is 0 Å². The van der Waals surface area contributed by atoms with Gasteiger partial charge < -0.3 is 41.1 Å². The number of piperidine rings is 1. The molecule has 3 aliphatic carbocycles. The van der Waals surface area contributed by atoms with E-state index in [9.17, 15) is 20.2 Å². The second kappa shape index (κ2) is 7.84. The first kappa shape index (κ1) is 23.8. The number of hydroxylamine groups is 3. The molecule has 1 saturated heterocycles. The van der Waals surface area contributed by atoms with Crippen molar-refractivity contribution in [3.63, 3.8) is 0 Å². The van der Waals surface area contributed by atoms with Gasteiger partial charge in [0.2, 0.25) is 0 Å². The molecule has 200 valence electrons. The van der Waals surface area contributed by atoms with Crippen LogP contribution in [0.25, 0.3) is 0 Å². The fourth-order valence-electron chi connectivity index (χ4n) is 8.03. The number of nitrogens with one attached hydrogen (secondary N) is 1. The first-order valence-corrected chi connectivity index (χ1v) is 13.4. The van der Waals surface area contributed by atoms with E-state index in [4.69, 9.17) is 15.7 Å². The maximum atomic E-state index is 14.3. The molecule has 38 heavy (non-hydrogen) atoms. The van der Waals surface area contributed by atoms with E-state index in [0.29, 0.717) is 61.6 Å². The topological polar surface area (TPSA) is 160 Å². The van der Waals surface area contributed by atoms with Crippen molar-refractivity contribution < 1.29 is 29.6 Å². The molecular formula is C28H32N4O6. The van der Waals surface area contributed by atoms with Crippen LogP contribution in [0.3, 0.4) is 0 Å². The quantitative estimate of drug-likeness (QED) is 0.100. The summed E-state index contributed by atoms with van der Waals surface area (Å²) in [6, 6.07) is 9.00. The monoisotopic (exact) mass is 520 g/mol. The highest BCUT2D eigenvalue weighted by atomic mass is 16.6. The standard InChI is InChI=1S/C28H32N4O6/c29-25(31-36)17-2-1-3-18(12-17)26(34)30-19-8-9-28(35)21-13-16-6-7-20(33)23-22(16)27(28,24(19)38-23)10-11-32(21,37)14-15-4-5-15/h1-3,6-7,12,15,19,21,24,33,35-36H,4-5,8-11,13-14H2,(H2,29,31)(H,30,34)/t19-,21-,24+,27?,28-,32?/m1/s1. The minimum Gasteiger partial charge on any atom is -0.632 e. The van der Waals surface area contributed by atoms with E-state index in [2.05, 4.69) is 10.5 Å². The molecule has 1 spiro atoms. The van der Waals surface area contributed by atoms with Gasteiger partial charge in [-0.2, -0.15) is 0 Å². The Hall–Kier alpha value is -3.34.